The predicted molar refractivity (Wildman–Crippen MR) is 137 cm³/mol. The molecule has 0 aliphatic carbocycles. The number of H-pyrrole nitrogens is 1. The van der Waals surface area contributed by atoms with Gasteiger partial charge < -0.3 is 15.4 Å². The fraction of sp³-hybridized carbons (Fsp3) is 0.407. The van der Waals surface area contributed by atoms with E-state index in [0.29, 0.717) is 30.3 Å². The maximum absolute atomic E-state index is 13.8. The number of nitrogens with one attached hydrogen (secondary N) is 2. The van der Waals surface area contributed by atoms with Crippen LogP contribution in [0.3, 0.4) is 0 Å². The number of phenols is 1. The van der Waals surface area contributed by atoms with Crippen LogP contribution in [0.2, 0.25) is 5.02 Å². The highest BCUT2D eigenvalue weighted by Gasteiger charge is 2.60. The Balaban J connectivity index is 1.56. The van der Waals surface area contributed by atoms with Crippen LogP contribution in [0.1, 0.15) is 50.1 Å². The van der Waals surface area contributed by atoms with E-state index in [0.717, 1.165) is 40.8 Å². The van der Waals surface area contributed by atoms with E-state index in [1.54, 1.807) is 23.1 Å². The average molecular weight is 495 g/mol. The standard InChI is InChI=1S/C27H31ClN4O3/c1-16(2)15-29-10-5-11-31-25(34)27(3)14-21-20-13-18(28)8-9-22(20)30-23(21)24(32(27)26(31)35)17-6-4-7-19(33)12-17/h4,6-9,12-13,16,24,29-30,33H,5,10-11,14-15H2,1-3H3. The fourth-order valence-electron chi connectivity index (χ4n) is 5.48. The Morgan fingerprint density at radius 2 is 2.03 bits per heavy atom. The largest absolute Gasteiger partial charge is 0.508 e. The quantitative estimate of drug-likeness (QED) is 0.324. The van der Waals surface area contributed by atoms with Gasteiger partial charge in [0.25, 0.3) is 5.91 Å². The summed E-state index contributed by atoms with van der Waals surface area (Å²) in [5, 5.41) is 15.2. The van der Waals surface area contributed by atoms with Crippen LogP contribution in [0, 0.1) is 5.92 Å². The second kappa shape index (κ2) is 8.88. The molecule has 2 unspecified atom stereocenters. The zero-order valence-corrected chi connectivity index (χ0v) is 21.0. The van der Waals surface area contributed by atoms with Crippen molar-refractivity contribution in [2.24, 2.45) is 5.92 Å². The van der Waals surface area contributed by atoms with Crippen LogP contribution >= 0.6 is 11.6 Å². The number of carbonyl (C=O) groups is 2. The van der Waals surface area contributed by atoms with Crippen molar-refractivity contribution in [3.63, 3.8) is 0 Å². The van der Waals surface area contributed by atoms with Gasteiger partial charge >= 0.3 is 6.03 Å². The first-order chi connectivity index (χ1) is 16.7. The van der Waals surface area contributed by atoms with Crippen molar-refractivity contribution in [3.8, 4) is 5.75 Å². The minimum absolute atomic E-state index is 0.113. The smallest absolute Gasteiger partial charge is 0.328 e. The number of hydrogen-bond donors (Lipinski definition) is 3. The van der Waals surface area contributed by atoms with Crippen molar-refractivity contribution in [1.29, 1.82) is 0 Å². The third kappa shape index (κ3) is 3.96. The Kier molecular flexibility index (Phi) is 6.01. The number of fused-ring (bicyclic) bond motifs is 4. The summed E-state index contributed by atoms with van der Waals surface area (Å²) in [6.07, 6.45) is 1.08. The Labute approximate surface area is 210 Å². The fourth-order valence-corrected chi connectivity index (χ4v) is 5.65. The highest BCUT2D eigenvalue weighted by Crippen LogP contribution is 2.49. The van der Waals surface area contributed by atoms with Gasteiger partial charge in [-0.15, -0.1) is 0 Å². The molecule has 2 aliphatic heterocycles. The first-order valence-corrected chi connectivity index (χ1v) is 12.5. The number of urea groups is 1. The summed E-state index contributed by atoms with van der Waals surface area (Å²) in [5.41, 5.74) is 2.45. The van der Waals surface area contributed by atoms with Crippen LogP contribution in [0.25, 0.3) is 10.9 Å². The molecule has 35 heavy (non-hydrogen) atoms. The summed E-state index contributed by atoms with van der Waals surface area (Å²) < 4.78 is 0. The lowest BCUT2D eigenvalue weighted by Gasteiger charge is -2.42. The number of aromatic amines is 1. The van der Waals surface area contributed by atoms with E-state index in [1.807, 2.05) is 31.2 Å². The van der Waals surface area contributed by atoms with E-state index in [1.165, 1.54) is 4.90 Å². The number of nitrogens with zero attached hydrogens (tertiary/aromatic N) is 2. The van der Waals surface area contributed by atoms with Crippen molar-refractivity contribution in [2.45, 2.75) is 45.2 Å². The third-order valence-corrected chi connectivity index (χ3v) is 7.34. The van der Waals surface area contributed by atoms with Crippen molar-refractivity contribution in [3.05, 3.63) is 64.3 Å². The molecule has 2 aliphatic rings. The molecule has 5 rings (SSSR count). The van der Waals surface area contributed by atoms with Gasteiger partial charge in [0.1, 0.15) is 17.3 Å². The van der Waals surface area contributed by atoms with Crippen LogP contribution in [-0.4, -0.2) is 57.0 Å². The van der Waals surface area contributed by atoms with Gasteiger partial charge in [0.05, 0.1) is 0 Å². The number of rotatable bonds is 7. The molecule has 1 aromatic heterocycles. The first-order valence-electron chi connectivity index (χ1n) is 12.2. The molecular weight excluding hydrogens is 464 g/mol. The molecule has 184 valence electrons. The lowest BCUT2D eigenvalue weighted by molar-refractivity contribution is -0.133. The molecule has 2 atom stereocenters. The zero-order chi connectivity index (χ0) is 24.9. The summed E-state index contributed by atoms with van der Waals surface area (Å²) in [6.45, 7) is 8.15. The molecule has 7 nitrogen and oxygen atoms in total. The number of aromatic hydroxyl groups is 1. The van der Waals surface area contributed by atoms with Crippen LogP contribution in [0.4, 0.5) is 4.79 Å². The van der Waals surface area contributed by atoms with Crippen molar-refractivity contribution < 1.29 is 14.7 Å². The Bertz CT molecular complexity index is 1300. The maximum Gasteiger partial charge on any atom is 0.328 e. The summed E-state index contributed by atoms with van der Waals surface area (Å²) in [5.74, 6) is 0.471. The second-order valence-electron chi connectivity index (χ2n) is 10.2. The molecule has 8 heteroatoms. The van der Waals surface area contributed by atoms with Gasteiger partial charge in [-0.05, 0) is 73.8 Å². The van der Waals surface area contributed by atoms with E-state index < -0.39 is 11.6 Å². The van der Waals surface area contributed by atoms with Gasteiger partial charge in [-0.25, -0.2) is 4.79 Å². The lowest BCUT2D eigenvalue weighted by atomic mass is 9.81. The molecule has 3 N–H and O–H groups in total. The van der Waals surface area contributed by atoms with Crippen LogP contribution < -0.4 is 5.32 Å². The molecular formula is C27H31ClN4O3. The highest BCUT2D eigenvalue weighted by molar-refractivity contribution is 6.31. The molecule has 0 saturated carbocycles. The molecule has 0 spiro atoms. The van der Waals surface area contributed by atoms with Crippen molar-refractivity contribution in [2.75, 3.05) is 19.6 Å². The minimum Gasteiger partial charge on any atom is -0.508 e. The zero-order valence-electron chi connectivity index (χ0n) is 20.3. The van der Waals surface area contributed by atoms with Gasteiger partial charge in [-0.1, -0.05) is 37.6 Å². The highest BCUT2D eigenvalue weighted by atomic mass is 35.5. The van der Waals surface area contributed by atoms with Gasteiger partial charge in [-0.3, -0.25) is 14.6 Å². The molecule has 2 aromatic carbocycles. The number of carbonyl (C=O) groups excluding carboxylic acids is 2. The average Bonchev–Trinajstić information content (AvgIpc) is 3.24. The molecule has 3 aromatic rings. The van der Waals surface area contributed by atoms with Crippen LogP contribution in [0.15, 0.2) is 42.5 Å². The Hall–Kier alpha value is -3.03. The summed E-state index contributed by atoms with van der Waals surface area (Å²) >= 11 is 6.32. The van der Waals surface area contributed by atoms with E-state index in [2.05, 4.69) is 24.1 Å². The topological polar surface area (TPSA) is 88.7 Å². The van der Waals surface area contributed by atoms with Crippen LogP contribution in [-0.2, 0) is 11.2 Å². The predicted octanol–water partition coefficient (Wildman–Crippen LogP) is 4.83. The van der Waals surface area contributed by atoms with Crippen LogP contribution in [0.5, 0.6) is 5.75 Å². The lowest BCUT2D eigenvalue weighted by Crippen LogP contribution is -2.53. The SMILES string of the molecule is CC(C)CNCCCN1C(=O)N2C(c3cccc(O)c3)c3[nH]c4ccc(Cl)cc4c3CC2(C)C1=O. The first kappa shape index (κ1) is 23.7. The van der Waals surface area contributed by atoms with Crippen molar-refractivity contribution in [1.82, 2.24) is 20.1 Å². The number of phenolic OH excluding ortho intramolecular Hbond substituents is 1. The van der Waals surface area contributed by atoms with Gasteiger partial charge in [0.2, 0.25) is 0 Å². The van der Waals surface area contributed by atoms with E-state index in [-0.39, 0.29) is 17.7 Å². The molecule has 3 amide bonds. The second-order valence-corrected chi connectivity index (χ2v) is 10.7. The Morgan fingerprint density at radius 1 is 1.23 bits per heavy atom. The Morgan fingerprint density at radius 3 is 2.77 bits per heavy atom. The summed E-state index contributed by atoms with van der Waals surface area (Å²) in [4.78, 5) is 34.2. The number of imide groups is 1. The molecule has 3 heterocycles. The van der Waals surface area contributed by atoms with E-state index in [4.69, 9.17) is 11.6 Å². The molecule has 0 radical (unpaired) electrons. The number of amides is 3. The van der Waals surface area contributed by atoms with Crippen molar-refractivity contribution >= 4 is 34.4 Å². The normalized spacial score (nSPS) is 21.8. The number of benzene rings is 2. The van der Waals surface area contributed by atoms with Gasteiger partial charge in [0, 0.05) is 34.6 Å². The van der Waals surface area contributed by atoms with Gasteiger partial charge in [0.15, 0.2) is 0 Å². The number of halogens is 1. The minimum atomic E-state index is -1.04. The molecule has 0 bridgehead atoms. The molecule has 1 fully saturated rings. The monoisotopic (exact) mass is 494 g/mol. The summed E-state index contributed by atoms with van der Waals surface area (Å²) in [7, 11) is 0. The third-order valence-electron chi connectivity index (χ3n) is 7.10. The summed E-state index contributed by atoms with van der Waals surface area (Å²) in [6, 6.07) is 11.7. The van der Waals surface area contributed by atoms with E-state index >= 15 is 0 Å². The number of hydrogen-bond acceptors (Lipinski definition) is 4. The maximum atomic E-state index is 13.8. The number of aromatic nitrogens is 1. The van der Waals surface area contributed by atoms with E-state index in [9.17, 15) is 14.7 Å². The molecule has 1 saturated heterocycles. The van der Waals surface area contributed by atoms with Gasteiger partial charge in [-0.2, -0.15) is 0 Å².